The number of nitrogens with one attached hydrogen (secondary N) is 1. The Bertz CT molecular complexity index is 577. The lowest BCUT2D eigenvalue weighted by molar-refractivity contribution is -0.121. The van der Waals surface area contributed by atoms with Crippen LogP contribution in [0.4, 0.5) is 5.69 Å². The summed E-state index contributed by atoms with van der Waals surface area (Å²) in [5, 5.41) is 12.7. The number of piperidine rings is 1. The van der Waals surface area contributed by atoms with Crippen LogP contribution in [-0.2, 0) is 4.79 Å². The average molecular weight is 334 g/mol. The van der Waals surface area contributed by atoms with Gasteiger partial charge in [-0.1, -0.05) is 15.9 Å². The van der Waals surface area contributed by atoms with E-state index in [1.807, 2.05) is 12.1 Å². The van der Waals surface area contributed by atoms with E-state index in [1.165, 1.54) is 12.8 Å². The maximum atomic E-state index is 12.6. The predicted octanol–water partition coefficient (Wildman–Crippen LogP) is 2.57. The van der Waals surface area contributed by atoms with E-state index in [2.05, 4.69) is 27.3 Å². The van der Waals surface area contributed by atoms with Gasteiger partial charge in [-0.15, -0.1) is 0 Å². The van der Waals surface area contributed by atoms with Crippen molar-refractivity contribution in [1.29, 1.82) is 5.26 Å². The van der Waals surface area contributed by atoms with Crippen LogP contribution in [0.5, 0.6) is 0 Å². The monoisotopic (exact) mass is 333 g/mol. The Morgan fingerprint density at radius 2 is 2.15 bits per heavy atom. The Labute approximate surface area is 126 Å². The third-order valence-corrected chi connectivity index (χ3v) is 4.32. The highest BCUT2D eigenvalue weighted by Gasteiger charge is 2.34. The van der Waals surface area contributed by atoms with E-state index in [0.717, 1.165) is 23.0 Å². The van der Waals surface area contributed by atoms with Gasteiger partial charge in [0.1, 0.15) is 6.07 Å². The van der Waals surface area contributed by atoms with Crippen LogP contribution in [0.25, 0.3) is 0 Å². The zero-order valence-corrected chi connectivity index (χ0v) is 12.7. The smallest absolute Gasteiger partial charge is 0.244 e. The summed E-state index contributed by atoms with van der Waals surface area (Å²) in [7, 11) is 0. The number of hydrogen-bond acceptors (Lipinski definition) is 3. The van der Waals surface area contributed by atoms with Crippen molar-refractivity contribution in [2.24, 2.45) is 0 Å². The van der Waals surface area contributed by atoms with Crippen LogP contribution in [0.15, 0.2) is 22.7 Å². The van der Waals surface area contributed by atoms with Crippen molar-refractivity contribution in [2.45, 2.75) is 37.8 Å². The molecular weight excluding hydrogens is 318 g/mol. The van der Waals surface area contributed by atoms with Gasteiger partial charge in [-0.2, -0.15) is 5.26 Å². The molecule has 20 heavy (non-hydrogen) atoms. The fraction of sp³-hybridized carbons (Fsp3) is 0.467. The first-order valence-electron chi connectivity index (χ1n) is 6.96. The van der Waals surface area contributed by atoms with Gasteiger partial charge in [0.25, 0.3) is 0 Å². The molecule has 1 saturated heterocycles. The lowest BCUT2D eigenvalue weighted by atomic mass is 10.0. The molecule has 2 fully saturated rings. The molecular formula is C15H16BrN3O. The molecule has 1 amide bonds. The van der Waals surface area contributed by atoms with Crippen LogP contribution in [0.3, 0.4) is 0 Å². The van der Waals surface area contributed by atoms with E-state index in [-0.39, 0.29) is 11.9 Å². The third-order valence-electron chi connectivity index (χ3n) is 3.82. The fourth-order valence-corrected chi connectivity index (χ4v) is 3.00. The first-order chi connectivity index (χ1) is 9.69. The molecule has 1 atom stereocenters. The van der Waals surface area contributed by atoms with E-state index in [9.17, 15) is 10.1 Å². The number of rotatable bonds is 3. The van der Waals surface area contributed by atoms with Gasteiger partial charge in [-0.05, 0) is 43.9 Å². The van der Waals surface area contributed by atoms with E-state index in [1.54, 1.807) is 11.0 Å². The molecule has 0 aromatic heterocycles. The molecule has 1 aromatic carbocycles. The lowest BCUT2D eigenvalue weighted by Crippen LogP contribution is -2.51. The van der Waals surface area contributed by atoms with Gasteiger partial charge in [-0.25, -0.2) is 0 Å². The summed E-state index contributed by atoms with van der Waals surface area (Å²) in [5.41, 5.74) is 1.27. The number of benzene rings is 1. The number of anilines is 1. The second-order valence-corrected chi connectivity index (χ2v) is 6.31. The number of hydrogen-bond donors (Lipinski definition) is 1. The van der Waals surface area contributed by atoms with Gasteiger partial charge in [0.05, 0.1) is 17.3 Å². The first kappa shape index (κ1) is 13.6. The summed E-state index contributed by atoms with van der Waals surface area (Å²) in [6.07, 6.45) is 4.21. The molecule has 104 valence electrons. The molecule has 1 aliphatic carbocycles. The standard InChI is InChI=1S/C15H16BrN3O/c16-11-3-6-14(10(8-11)9-17)19-7-1-2-13(15(19)20)18-12-4-5-12/h3,6,8,12-13,18H,1-2,4-5,7H2. The Morgan fingerprint density at radius 1 is 1.35 bits per heavy atom. The van der Waals surface area contributed by atoms with Crippen molar-refractivity contribution >= 4 is 27.5 Å². The quantitative estimate of drug-likeness (QED) is 0.924. The topological polar surface area (TPSA) is 56.1 Å². The minimum atomic E-state index is -0.0913. The lowest BCUT2D eigenvalue weighted by Gasteiger charge is -2.33. The van der Waals surface area contributed by atoms with Crippen LogP contribution in [-0.4, -0.2) is 24.5 Å². The van der Waals surface area contributed by atoms with Crippen LogP contribution in [0.2, 0.25) is 0 Å². The highest BCUT2D eigenvalue weighted by molar-refractivity contribution is 9.10. The largest absolute Gasteiger partial charge is 0.310 e. The number of carbonyl (C=O) groups excluding carboxylic acids is 1. The summed E-state index contributed by atoms with van der Waals surface area (Å²) >= 11 is 3.36. The van der Waals surface area contributed by atoms with Gasteiger partial charge in [0.2, 0.25) is 5.91 Å². The van der Waals surface area contributed by atoms with Crippen molar-refractivity contribution in [3.63, 3.8) is 0 Å². The SMILES string of the molecule is N#Cc1cc(Br)ccc1N1CCCC(NC2CC2)C1=O. The van der Waals surface area contributed by atoms with Gasteiger partial charge in [0, 0.05) is 17.1 Å². The summed E-state index contributed by atoms with van der Waals surface area (Å²) in [4.78, 5) is 14.3. The van der Waals surface area contributed by atoms with Crippen LogP contribution in [0.1, 0.15) is 31.2 Å². The van der Waals surface area contributed by atoms with Crippen molar-refractivity contribution in [2.75, 3.05) is 11.4 Å². The Morgan fingerprint density at radius 3 is 2.85 bits per heavy atom. The predicted molar refractivity (Wildman–Crippen MR) is 80.4 cm³/mol. The Balaban J connectivity index is 1.85. The van der Waals surface area contributed by atoms with Crippen LogP contribution in [0, 0.1) is 11.3 Å². The highest BCUT2D eigenvalue weighted by atomic mass is 79.9. The summed E-state index contributed by atoms with van der Waals surface area (Å²) < 4.78 is 0.856. The normalized spacial score (nSPS) is 22.7. The van der Waals surface area contributed by atoms with E-state index < -0.39 is 0 Å². The van der Waals surface area contributed by atoms with Crippen LogP contribution < -0.4 is 10.2 Å². The molecule has 1 heterocycles. The summed E-state index contributed by atoms with van der Waals surface area (Å²) in [6.45, 7) is 0.692. The van der Waals surface area contributed by atoms with E-state index >= 15 is 0 Å². The second kappa shape index (κ2) is 5.55. The minimum Gasteiger partial charge on any atom is -0.310 e. The van der Waals surface area contributed by atoms with Gasteiger partial charge in [-0.3, -0.25) is 4.79 Å². The van der Waals surface area contributed by atoms with Crippen molar-refractivity contribution in [3.8, 4) is 6.07 Å². The molecule has 0 spiro atoms. The zero-order chi connectivity index (χ0) is 14.1. The number of carbonyl (C=O) groups is 1. The minimum absolute atomic E-state index is 0.0913. The molecule has 1 unspecified atom stereocenters. The molecule has 1 aliphatic heterocycles. The Hall–Kier alpha value is -1.38. The number of amides is 1. The Kier molecular flexibility index (Phi) is 3.77. The molecule has 0 radical (unpaired) electrons. The fourth-order valence-electron chi connectivity index (χ4n) is 2.64. The number of nitriles is 1. The van der Waals surface area contributed by atoms with Gasteiger partial charge >= 0.3 is 0 Å². The zero-order valence-electron chi connectivity index (χ0n) is 11.1. The molecule has 1 saturated carbocycles. The molecule has 0 bridgehead atoms. The summed E-state index contributed by atoms with van der Waals surface area (Å²) in [5.74, 6) is 0.0990. The average Bonchev–Trinajstić information content (AvgIpc) is 3.25. The molecule has 3 rings (SSSR count). The molecule has 2 aliphatic rings. The second-order valence-electron chi connectivity index (χ2n) is 5.40. The summed E-state index contributed by atoms with van der Waals surface area (Å²) in [6, 6.07) is 8.09. The van der Waals surface area contributed by atoms with Crippen molar-refractivity contribution < 1.29 is 4.79 Å². The first-order valence-corrected chi connectivity index (χ1v) is 7.75. The third kappa shape index (κ3) is 2.72. The van der Waals surface area contributed by atoms with E-state index in [4.69, 9.17) is 0 Å². The maximum absolute atomic E-state index is 12.6. The molecule has 1 aromatic rings. The van der Waals surface area contributed by atoms with Gasteiger partial charge < -0.3 is 10.2 Å². The number of halogens is 1. The molecule has 1 N–H and O–H groups in total. The van der Waals surface area contributed by atoms with E-state index in [0.29, 0.717) is 18.2 Å². The molecule has 5 heteroatoms. The number of nitrogens with zero attached hydrogens (tertiary/aromatic N) is 2. The van der Waals surface area contributed by atoms with Crippen molar-refractivity contribution in [3.05, 3.63) is 28.2 Å². The molecule has 4 nitrogen and oxygen atoms in total. The highest BCUT2D eigenvalue weighted by Crippen LogP contribution is 2.29. The van der Waals surface area contributed by atoms with Crippen LogP contribution >= 0.6 is 15.9 Å². The van der Waals surface area contributed by atoms with Crippen molar-refractivity contribution in [1.82, 2.24) is 5.32 Å². The van der Waals surface area contributed by atoms with Gasteiger partial charge in [0.15, 0.2) is 0 Å². The maximum Gasteiger partial charge on any atom is 0.244 e.